The number of nitrogens with zero attached hydrogens (tertiary/aromatic N) is 2. The Bertz CT molecular complexity index is 818. The number of anilines is 2. The molecule has 1 heterocycles. The smallest absolute Gasteiger partial charge is 0.269 e. The molecule has 0 aliphatic carbocycles. The Hall–Kier alpha value is -3.42. The molecule has 2 aromatic rings. The Kier molecular flexibility index (Phi) is 5.12. The van der Waals surface area contributed by atoms with Crippen molar-refractivity contribution in [3.05, 3.63) is 58.6 Å². The third-order valence-corrected chi connectivity index (χ3v) is 3.95. The zero-order chi connectivity index (χ0) is 18.5. The minimum absolute atomic E-state index is 0.0455. The fourth-order valence-electron chi connectivity index (χ4n) is 2.66. The number of hydrogen-bond donors (Lipinski definition) is 1. The SMILES string of the molecule is O=C(COc1ccc(N2CCCC2=O)cc1)Nc1ccc([N+](=O)[O-])cc1. The van der Waals surface area contributed by atoms with Crippen molar-refractivity contribution in [1.82, 2.24) is 0 Å². The van der Waals surface area contributed by atoms with Crippen molar-refractivity contribution >= 4 is 28.9 Å². The maximum Gasteiger partial charge on any atom is 0.269 e. The number of carbonyl (C=O) groups excluding carboxylic acids is 2. The first-order valence-corrected chi connectivity index (χ1v) is 8.10. The van der Waals surface area contributed by atoms with Gasteiger partial charge >= 0.3 is 0 Å². The highest BCUT2D eigenvalue weighted by atomic mass is 16.6. The number of carbonyl (C=O) groups is 2. The predicted molar refractivity (Wildman–Crippen MR) is 95.3 cm³/mol. The third kappa shape index (κ3) is 4.15. The van der Waals surface area contributed by atoms with Crippen LogP contribution >= 0.6 is 0 Å². The van der Waals surface area contributed by atoms with Crippen LogP contribution in [0.5, 0.6) is 5.75 Å². The van der Waals surface area contributed by atoms with Crippen LogP contribution in [0.2, 0.25) is 0 Å². The standard InChI is InChI=1S/C18H17N3O5/c22-17(19-13-3-5-15(6-4-13)21(24)25)12-26-16-9-7-14(8-10-16)20-11-1-2-18(20)23/h3-10H,1-2,11-12H2,(H,19,22). The summed E-state index contributed by atoms with van der Waals surface area (Å²) in [6.07, 6.45) is 1.43. The van der Waals surface area contributed by atoms with Crippen LogP contribution in [0.15, 0.2) is 48.5 Å². The van der Waals surface area contributed by atoms with E-state index in [9.17, 15) is 19.7 Å². The largest absolute Gasteiger partial charge is 0.484 e. The summed E-state index contributed by atoms with van der Waals surface area (Å²) in [5.41, 5.74) is 1.22. The van der Waals surface area contributed by atoms with Crippen LogP contribution in [0.3, 0.4) is 0 Å². The second kappa shape index (κ2) is 7.64. The van der Waals surface area contributed by atoms with Crippen molar-refractivity contribution < 1.29 is 19.2 Å². The molecule has 2 aromatic carbocycles. The molecule has 0 atom stereocenters. The lowest BCUT2D eigenvalue weighted by molar-refractivity contribution is -0.384. The summed E-state index contributed by atoms with van der Waals surface area (Å²) in [7, 11) is 0. The zero-order valence-corrected chi connectivity index (χ0v) is 13.9. The molecule has 0 unspecified atom stereocenters. The fourth-order valence-corrected chi connectivity index (χ4v) is 2.66. The van der Waals surface area contributed by atoms with E-state index in [-0.39, 0.29) is 24.1 Å². The molecule has 0 spiro atoms. The number of nitrogens with one attached hydrogen (secondary N) is 1. The summed E-state index contributed by atoms with van der Waals surface area (Å²) in [6, 6.07) is 12.5. The predicted octanol–water partition coefficient (Wildman–Crippen LogP) is 2.74. The molecule has 3 rings (SSSR count). The molecule has 134 valence electrons. The molecule has 1 aliphatic rings. The van der Waals surface area contributed by atoms with Gasteiger partial charge in [0, 0.05) is 36.5 Å². The van der Waals surface area contributed by atoms with Crippen molar-refractivity contribution in [2.24, 2.45) is 0 Å². The van der Waals surface area contributed by atoms with Crippen molar-refractivity contribution in [3.8, 4) is 5.75 Å². The van der Waals surface area contributed by atoms with Gasteiger partial charge in [-0.15, -0.1) is 0 Å². The van der Waals surface area contributed by atoms with E-state index in [1.54, 1.807) is 29.2 Å². The van der Waals surface area contributed by atoms with Crippen LogP contribution in [0.1, 0.15) is 12.8 Å². The quantitative estimate of drug-likeness (QED) is 0.634. The van der Waals surface area contributed by atoms with E-state index in [1.165, 1.54) is 24.3 Å². The minimum Gasteiger partial charge on any atom is -0.484 e. The molecular formula is C18H17N3O5. The molecule has 2 amide bonds. The van der Waals surface area contributed by atoms with Crippen LogP contribution < -0.4 is 15.0 Å². The Labute approximate surface area is 149 Å². The van der Waals surface area contributed by atoms with E-state index >= 15 is 0 Å². The minimum atomic E-state index is -0.506. The molecule has 0 saturated carbocycles. The van der Waals surface area contributed by atoms with Gasteiger partial charge in [-0.1, -0.05) is 0 Å². The molecule has 1 saturated heterocycles. The normalized spacial score (nSPS) is 13.5. The van der Waals surface area contributed by atoms with Gasteiger partial charge in [0.1, 0.15) is 5.75 Å². The van der Waals surface area contributed by atoms with E-state index in [0.717, 1.165) is 18.7 Å². The first-order valence-electron chi connectivity index (χ1n) is 8.10. The highest BCUT2D eigenvalue weighted by Gasteiger charge is 2.21. The van der Waals surface area contributed by atoms with Crippen LogP contribution in [-0.4, -0.2) is 29.9 Å². The number of hydrogen-bond acceptors (Lipinski definition) is 5. The number of amides is 2. The molecule has 26 heavy (non-hydrogen) atoms. The zero-order valence-electron chi connectivity index (χ0n) is 13.9. The fraction of sp³-hybridized carbons (Fsp3) is 0.222. The Morgan fingerprint density at radius 1 is 1.15 bits per heavy atom. The number of ether oxygens (including phenoxy) is 1. The maximum atomic E-state index is 11.9. The molecule has 0 radical (unpaired) electrons. The Morgan fingerprint density at radius 2 is 1.85 bits per heavy atom. The van der Waals surface area contributed by atoms with E-state index in [2.05, 4.69) is 5.32 Å². The van der Waals surface area contributed by atoms with Gasteiger partial charge in [0.25, 0.3) is 11.6 Å². The van der Waals surface area contributed by atoms with Crippen molar-refractivity contribution in [2.45, 2.75) is 12.8 Å². The monoisotopic (exact) mass is 355 g/mol. The maximum absolute atomic E-state index is 11.9. The molecule has 0 bridgehead atoms. The average molecular weight is 355 g/mol. The number of nitro benzene ring substituents is 1. The van der Waals surface area contributed by atoms with Gasteiger partial charge < -0.3 is 15.0 Å². The van der Waals surface area contributed by atoms with Gasteiger partial charge in [-0.25, -0.2) is 0 Å². The van der Waals surface area contributed by atoms with Gasteiger partial charge in [-0.05, 0) is 42.8 Å². The summed E-state index contributed by atoms with van der Waals surface area (Å²) in [4.78, 5) is 35.4. The summed E-state index contributed by atoms with van der Waals surface area (Å²) < 4.78 is 5.42. The molecular weight excluding hydrogens is 338 g/mol. The van der Waals surface area contributed by atoms with Crippen LogP contribution in [0.25, 0.3) is 0 Å². The molecule has 1 N–H and O–H groups in total. The lowest BCUT2D eigenvalue weighted by atomic mass is 10.3. The molecule has 1 fully saturated rings. The van der Waals surface area contributed by atoms with Gasteiger partial charge in [0.05, 0.1) is 4.92 Å². The van der Waals surface area contributed by atoms with Crippen LogP contribution in [0.4, 0.5) is 17.1 Å². The van der Waals surface area contributed by atoms with Gasteiger partial charge in [-0.3, -0.25) is 19.7 Å². The number of nitro groups is 1. The van der Waals surface area contributed by atoms with E-state index in [0.29, 0.717) is 17.9 Å². The van der Waals surface area contributed by atoms with Crippen molar-refractivity contribution in [1.29, 1.82) is 0 Å². The number of rotatable bonds is 6. The van der Waals surface area contributed by atoms with Crippen LogP contribution in [0, 0.1) is 10.1 Å². The van der Waals surface area contributed by atoms with Gasteiger partial charge in [-0.2, -0.15) is 0 Å². The topological polar surface area (TPSA) is 102 Å². The van der Waals surface area contributed by atoms with Crippen molar-refractivity contribution in [2.75, 3.05) is 23.4 Å². The first-order chi connectivity index (χ1) is 12.5. The summed E-state index contributed by atoms with van der Waals surface area (Å²) in [5, 5.41) is 13.2. The third-order valence-electron chi connectivity index (χ3n) is 3.95. The Balaban J connectivity index is 1.51. The van der Waals surface area contributed by atoms with Gasteiger partial charge in [0.15, 0.2) is 6.61 Å². The molecule has 8 heteroatoms. The first kappa shape index (κ1) is 17.4. The lowest BCUT2D eigenvalue weighted by Gasteiger charge is -2.16. The average Bonchev–Trinajstić information content (AvgIpc) is 3.07. The number of non-ortho nitro benzene ring substituents is 1. The summed E-state index contributed by atoms with van der Waals surface area (Å²) >= 11 is 0. The highest BCUT2D eigenvalue weighted by Crippen LogP contribution is 2.24. The van der Waals surface area contributed by atoms with E-state index in [4.69, 9.17) is 4.74 Å². The van der Waals surface area contributed by atoms with E-state index < -0.39 is 4.92 Å². The van der Waals surface area contributed by atoms with Crippen molar-refractivity contribution in [3.63, 3.8) is 0 Å². The second-order valence-corrected chi connectivity index (χ2v) is 5.78. The Morgan fingerprint density at radius 3 is 2.42 bits per heavy atom. The molecule has 0 aromatic heterocycles. The van der Waals surface area contributed by atoms with Crippen LogP contribution in [-0.2, 0) is 9.59 Å². The second-order valence-electron chi connectivity index (χ2n) is 5.78. The lowest BCUT2D eigenvalue weighted by Crippen LogP contribution is -2.23. The molecule has 1 aliphatic heterocycles. The summed E-state index contributed by atoms with van der Waals surface area (Å²) in [5.74, 6) is 0.248. The highest BCUT2D eigenvalue weighted by molar-refractivity contribution is 5.95. The summed E-state index contributed by atoms with van der Waals surface area (Å²) in [6.45, 7) is 0.523. The molecule has 8 nitrogen and oxygen atoms in total. The van der Waals surface area contributed by atoms with Gasteiger partial charge in [0.2, 0.25) is 5.91 Å². The number of benzene rings is 2. The van der Waals surface area contributed by atoms with E-state index in [1.807, 2.05) is 0 Å².